The topological polar surface area (TPSA) is 185 Å². The van der Waals surface area contributed by atoms with Gasteiger partial charge in [-0.05, 0) is 37.6 Å². The number of aliphatic hydroxyl groups is 5. The van der Waals surface area contributed by atoms with Crippen molar-refractivity contribution in [2.45, 2.75) is 73.8 Å². The molecule has 4 aliphatic heterocycles. The molecule has 35 heavy (non-hydrogen) atoms. The van der Waals surface area contributed by atoms with Gasteiger partial charge in [-0.1, -0.05) is 0 Å². The molecule has 7 aliphatic rings. The quantitative estimate of drug-likeness (QED) is 0.247. The number of aromatic hydroxyl groups is 1. The average molecular weight is 496 g/mol. The molecule has 12 heteroatoms. The highest BCUT2D eigenvalue weighted by molar-refractivity contribution is 5.89. The highest BCUT2D eigenvalue weighted by atomic mass is 16.8. The lowest BCUT2D eigenvalue weighted by Gasteiger charge is -2.67. The molecule has 6 N–H and O–H groups in total. The van der Waals surface area contributed by atoms with Crippen LogP contribution in [-0.2, 0) is 23.7 Å². The monoisotopic (exact) mass is 496 g/mol. The number of hydrogen-bond acceptors (Lipinski definition) is 12. The largest absolute Gasteiger partial charge is 0.508 e. The molecule has 4 heterocycles. The minimum Gasteiger partial charge on any atom is -0.508 e. The van der Waals surface area contributed by atoms with E-state index in [0.29, 0.717) is 0 Å². The number of esters is 1. The molecule has 6 bridgehead atoms. The molecule has 4 saturated heterocycles. The van der Waals surface area contributed by atoms with E-state index in [0.717, 1.165) is 0 Å². The summed E-state index contributed by atoms with van der Waals surface area (Å²) in [6.45, 7) is 0.878. The number of rotatable bonds is 6. The maximum Gasteiger partial charge on any atom is 0.338 e. The minimum atomic E-state index is -1.64. The van der Waals surface area contributed by atoms with E-state index in [2.05, 4.69) is 0 Å². The normalized spacial score (nSPS) is 51.3. The third-order valence-corrected chi connectivity index (χ3v) is 8.66. The molecule has 8 rings (SSSR count). The predicted octanol–water partition coefficient (Wildman–Crippen LogP) is -1.65. The van der Waals surface area contributed by atoms with Gasteiger partial charge >= 0.3 is 5.97 Å². The fourth-order valence-corrected chi connectivity index (χ4v) is 6.90. The third kappa shape index (κ3) is 2.80. The first-order valence-corrected chi connectivity index (χ1v) is 11.5. The highest BCUT2D eigenvalue weighted by Crippen LogP contribution is 2.81. The van der Waals surface area contributed by atoms with E-state index in [-0.39, 0.29) is 30.8 Å². The lowest BCUT2D eigenvalue weighted by molar-refractivity contribution is -0.424. The van der Waals surface area contributed by atoms with Crippen molar-refractivity contribution in [3.05, 3.63) is 29.8 Å². The Labute approximate surface area is 199 Å². The van der Waals surface area contributed by atoms with Gasteiger partial charge in [0.05, 0.1) is 17.6 Å². The Bertz CT molecular complexity index is 1030. The number of phenolic OH excluding ortho intramolecular Hbond substituents is 1. The number of aliphatic hydroxyl groups excluding tert-OH is 4. The van der Waals surface area contributed by atoms with Gasteiger partial charge in [0.1, 0.15) is 48.0 Å². The van der Waals surface area contributed by atoms with Gasteiger partial charge in [-0.25, -0.2) is 4.79 Å². The third-order valence-electron chi connectivity index (χ3n) is 8.66. The molecule has 0 spiro atoms. The predicted molar refractivity (Wildman–Crippen MR) is 110 cm³/mol. The summed E-state index contributed by atoms with van der Waals surface area (Å²) in [5.74, 6) is -2.68. The summed E-state index contributed by atoms with van der Waals surface area (Å²) >= 11 is 0. The number of benzene rings is 1. The van der Waals surface area contributed by atoms with Crippen LogP contribution in [0.4, 0.5) is 0 Å². The van der Waals surface area contributed by atoms with Crippen molar-refractivity contribution >= 4 is 5.97 Å². The zero-order valence-electron chi connectivity index (χ0n) is 18.8. The SMILES string of the molecule is C[C@]12C[C@]3(O)O[C@H](O1)[C@@]1(COC(=O)c4ccc(O)cc4)[C@@H]3C[C@]12O[C@@H]1O[C@H](CO)[C@@H](O)[C@H](O)[C@H]1O. The summed E-state index contributed by atoms with van der Waals surface area (Å²) in [6, 6.07) is 5.54. The lowest BCUT2D eigenvalue weighted by Crippen LogP contribution is -2.80. The van der Waals surface area contributed by atoms with Gasteiger partial charge in [-0.3, -0.25) is 0 Å². The van der Waals surface area contributed by atoms with Gasteiger partial charge in [0.25, 0.3) is 0 Å². The van der Waals surface area contributed by atoms with E-state index in [9.17, 15) is 35.4 Å². The maximum absolute atomic E-state index is 12.7. The van der Waals surface area contributed by atoms with Crippen molar-refractivity contribution in [3.8, 4) is 5.75 Å². The molecule has 0 unspecified atom stereocenters. The fraction of sp³-hybridized carbons (Fsp3) is 0.696. The molecule has 0 aromatic heterocycles. The van der Waals surface area contributed by atoms with E-state index in [1.54, 1.807) is 6.92 Å². The molecule has 7 fully saturated rings. The summed E-state index contributed by atoms with van der Waals surface area (Å²) in [7, 11) is 0. The molecule has 12 nitrogen and oxygen atoms in total. The van der Waals surface area contributed by atoms with E-state index < -0.39 is 77.9 Å². The molecule has 11 atom stereocenters. The second-order valence-electron chi connectivity index (χ2n) is 10.4. The first kappa shape index (κ1) is 23.5. The maximum atomic E-state index is 12.7. The number of ether oxygens (including phenoxy) is 5. The standard InChI is InChI=1S/C23H28O12/c1-20-8-22(30)13-6-23(20,33-18-16(28)15(27)14(26)12(7-24)32-18)21(13,19(34-20)35-22)9-31-17(29)10-2-4-11(25)5-3-10/h2-5,12-16,18-19,24-28,30H,6-9H2,1H3/t12-,13+,14-,15+,16-,18+,19+,20-,21-,22+,23-/m1/s1. The summed E-state index contributed by atoms with van der Waals surface area (Å²) < 4.78 is 29.6. The van der Waals surface area contributed by atoms with Gasteiger partial charge < -0.3 is 54.3 Å². The number of hydrogen-bond donors (Lipinski definition) is 6. The van der Waals surface area contributed by atoms with Gasteiger partial charge in [0.15, 0.2) is 18.4 Å². The Hall–Kier alpha value is -1.87. The van der Waals surface area contributed by atoms with Crippen molar-refractivity contribution < 1.29 is 59.1 Å². The van der Waals surface area contributed by atoms with Crippen LogP contribution < -0.4 is 0 Å². The number of carbonyl (C=O) groups is 1. The van der Waals surface area contributed by atoms with E-state index in [1.165, 1.54) is 24.3 Å². The van der Waals surface area contributed by atoms with Gasteiger partial charge in [-0.15, -0.1) is 0 Å². The van der Waals surface area contributed by atoms with Crippen molar-refractivity contribution in [3.63, 3.8) is 0 Å². The molecule has 3 aliphatic carbocycles. The minimum absolute atomic E-state index is 0.00282. The average Bonchev–Trinajstić information content (AvgIpc) is 3.00. The first-order valence-electron chi connectivity index (χ1n) is 11.5. The summed E-state index contributed by atoms with van der Waals surface area (Å²) in [4.78, 5) is 12.7. The van der Waals surface area contributed by atoms with Crippen LogP contribution in [0.2, 0.25) is 0 Å². The number of phenols is 1. The summed E-state index contributed by atoms with van der Waals surface area (Å²) in [5.41, 5.74) is -3.27. The van der Waals surface area contributed by atoms with Crippen molar-refractivity contribution in [1.82, 2.24) is 0 Å². The van der Waals surface area contributed by atoms with Crippen molar-refractivity contribution in [2.24, 2.45) is 11.3 Å². The zero-order chi connectivity index (χ0) is 25.0. The molecule has 3 saturated carbocycles. The summed E-state index contributed by atoms with van der Waals surface area (Å²) in [5, 5.41) is 61.2. The zero-order valence-corrected chi connectivity index (χ0v) is 18.8. The van der Waals surface area contributed by atoms with Crippen LogP contribution in [0.3, 0.4) is 0 Å². The molecule has 192 valence electrons. The molecular weight excluding hydrogens is 468 g/mol. The smallest absolute Gasteiger partial charge is 0.338 e. The van der Waals surface area contributed by atoms with Gasteiger partial charge in [-0.2, -0.15) is 0 Å². The van der Waals surface area contributed by atoms with E-state index in [4.69, 9.17) is 23.7 Å². The fourth-order valence-electron chi connectivity index (χ4n) is 6.90. The second-order valence-corrected chi connectivity index (χ2v) is 10.4. The Kier molecular flexibility index (Phi) is 4.93. The van der Waals surface area contributed by atoms with E-state index >= 15 is 0 Å². The summed E-state index contributed by atoms with van der Waals surface area (Å²) in [6.07, 6.45) is -8.10. The molecule has 1 aromatic carbocycles. The van der Waals surface area contributed by atoms with Crippen molar-refractivity contribution in [2.75, 3.05) is 13.2 Å². The Balaban J connectivity index is 1.31. The van der Waals surface area contributed by atoms with E-state index in [1.807, 2.05) is 0 Å². The van der Waals surface area contributed by atoms with Crippen LogP contribution in [-0.4, -0.2) is 104 Å². The molecule has 0 radical (unpaired) electrons. The Morgan fingerprint density at radius 2 is 1.83 bits per heavy atom. The molecule has 0 amide bonds. The Morgan fingerprint density at radius 1 is 1.11 bits per heavy atom. The van der Waals surface area contributed by atoms with Crippen LogP contribution in [0.15, 0.2) is 24.3 Å². The first-order chi connectivity index (χ1) is 16.5. The van der Waals surface area contributed by atoms with Crippen molar-refractivity contribution in [1.29, 1.82) is 0 Å². The van der Waals surface area contributed by atoms with Gasteiger partial charge in [0.2, 0.25) is 0 Å². The van der Waals surface area contributed by atoms with Crippen LogP contribution >= 0.6 is 0 Å². The van der Waals surface area contributed by atoms with Crippen LogP contribution in [0.5, 0.6) is 5.75 Å². The molecule has 1 aromatic rings. The highest BCUT2D eigenvalue weighted by Gasteiger charge is 2.94. The second kappa shape index (κ2) is 7.34. The molecular formula is C23H28O12. The number of carbonyl (C=O) groups excluding carboxylic acids is 1. The van der Waals surface area contributed by atoms with Crippen LogP contribution in [0, 0.1) is 11.3 Å². The van der Waals surface area contributed by atoms with Crippen LogP contribution in [0.25, 0.3) is 0 Å². The van der Waals surface area contributed by atoms with Crippen LogP contribution in [0.1, 0.15) is 30.1 Å². The lowest BCUT2D eigenvalue weighted by atomic mass is 9.41. The Morgan fingerprint density at radius 3 is 2.51 bits per heavy atom. The van der Waals surface area contributed by atoms with Gasteiger partial charge in [0, 0.05) is 12.3 Å².